The Balaban J connectivity index is 1.49. The molecule has 1 aliphatic rings. The first kappa shape index (κ1) is 21.0. The number of aromatic nitrogens is 1. The third-order valence-corrected chi connectivity index (χ3v) is 7.73. The van der Waals surface area contributed by atoms with E-state index < -0.39 is 10.0 Å². The minimum absolute atomic E-state index is 0.197. The van der Waals surface area contributed by atoms with E-state index in [9.17, 15) is 13.2 Å². The third-order valence-electron chi connectivity index (χ3n) is 4.78. The highest BCUT2D eigenvalue weighted by atomic mass is 32.2. The number of esters is 1. The monoisotopic (exact) mass is 422 g/mol. The summed E-state index contributed by atoms with van der Waals surface area (Å²) in [6.45, 7) is 3.42. The Hall–Kier alpha value is -1.77. The van der Waals surface area contributed by atoms with Crippen molar-refractivity contribution >= 4 is 27.3 Å². The Bertz CT molecular complexity index is 885. The summed E-state index contributed by atoms with van der Waals surface area (Å²) < 4.78 is 32.1. The van der Waals surface area contributed by atoms with E-state index in [2.05, 4.69) is 4.98 Å². The van der Waals surface area contributed by atoms with Gasteiger partial charge in [0.2, 0.25) is 10.0 Å². The van der Waals surface area contributed by atoms with Crippen LogP contribution in [0.2, 0.25) is 0 Å². The number of ether oxygens (including phenoxy) is 1. The van der Waals surface area contributed by atoms with Gasteiger partial charge in [0.05, 0.1) is 15.6 Å². The van der Waals surface area contributed by atoms with Crippen LogP contribution in [0.25, 0.3) is 0 Å². The highest BCUT2D eigenvalue weighted by Crippen LogP contribution is 2.21. The minimum Gasteiger partial charge on any atom is -0.459 e. The van der Waals surface area contributed by atoms with Gasteiger partial charge in [-0.1, -0.05) is 25.5 Å². The number of carbonyl (C=O) groups is 1. The van der Waals surface area contributed by atoms with Gasteiger partial charge in [-0.2, -0.15) is 4.31 Å². The summed E-state index contributed by atoms with van der Waals surface area (Å²) in [5.74, 6) is -0.281. The SMILES string of the molecule is CCc1nc(COC(=O)CCc2ccc(S(=O)(=O)N3CCCCC3)cc2)cs1. The molecule has 0 bridgehead atoms. The van der Waals surface area contributed by atoms with Crippen LogP contribution in [0.5, 0.6) is 0 Å². The number of hydrogen-bond acceptors (Lipinski definition) is 6. The quantitative estimate of drug-likeness (QED) is 0.608. The molecule has 2 heterocycles. The standard InChI is InChI=1S/C20H26N2O4S2/c1-2-19-21-17(15-27-19)14-26-20(23)11-8-16-6-9-18(10-7-16)28(24,25)22-12-4-3-5-13-22/h6-7,9-10,15H,2-5,8,11-14H2,1H3. The molecule has 0 atom stereocenters. The van der Waals surface area contributed by atoms with Crippen LogP contribution in [0.1, 0.15) is 48.9 Å². The van der Waals surface area contributed by atoms with Crippen LogP contribution < -0.4 is 0 Å². The highest BCUT2D eigenvalue weighted by molar-refractivity contribution is 7.89. The lowest BCUT2D eigenvalue weighted by molar-refractivity contribution is -0.145. The molecule has 1 saturated heterocycles. The Kier molecular flexibility index (Phi) is 7.20. The van der Waals surface area contributed by atoms with Gasteiger partial charge in [-0.15, -0.1) is 11.3 Å². The van der Waals surface area contributed by atoms with Gasteiger partial charge in [-0.25, -0.2) is 13.4 Å². The normalized spacial score (nSPS) is 15.5. The Labute approximate surface area is 170 Å². The molecule has 8 heteroatoms. The molecule has 0 unspecified atom stereocenters. The van der Waals surface area contributed by atoms with Crippen LogP contribution in [0.3, 0.4) is 0 Å². The fraction of sp³-hybridized carbons (Fsp3) is 0.500. The average molecular weight is 423 g/mol. The molecule has 0 N–H and O–H groups in total. The van der Waals surface area contributed by atoms with Crippen LogP contribution in [-0.4, -0.2) is 36.8 Å². The van der Waals surface area contributed by atoms with Crippen molar-refractivity contribution in [2.45, 2.75) is 57.0 Å². The summed E-state index contributed by atoms with van der Waals surface area (Å²) in [7, 11) is -3.41. The molecule has 28 heavy (non-hydrogen) atoms. The Morgan fingerprint density at radius 2 is 1.89 bits per heavy atom. The van der Waals surface area contributed by atoms with E-state index in [-0.39, 0.29) is 19.0 Å². The van der Waals surface area contributed by atoms with Crippen molar-refractivity contribution in [3.05, 3.63) is 45.9 Å². The lowest BCUT2D eigenvalue weighted by Gasteiger charge is -2.25. The first-order chi connectivity index (χ1) is 13.5. The fourth-order valence-corrected chi connectivity index (χ4v) is 5.38. The maximum atomic E-state index is 12.7. The molecular formula is C20H26N2O4S2. The second kappa shape index (κ2) is 9.62. The third kappa shape index (κ3) is 5.40. The van der Waals surface area contributed by atoms with E-state index in [1.54, 1.807) is 39.9 Å². The number of hydrogen-bond donors (Lipinski definition) is 0. The van der Waals surface area contributed by atoms with E-state index in [0.29, 0.717) is 24.4 Å². The van der Waals surface area contributed by atoms with E-state index in [0.717, 1.165) is 41.9 Å². The predicted octanol–water partition coefficient (Wildman–Crippen LogP) is 3.56. The summed E-state index contributed by atoms with van der Waals surface area (Å²) in [6.07, 6.45) is 4.56. The molecule has 0 saturated carbocycles. The zero-order valence-corrected chi connectivity index (χ0v) is 17.7. The smallest absolute Gasteiger partial charge is 0.306 e. The summed E-state index contributed by atoms with van der Waals surface area (Å²) in [5.41, 5.74) is 1.69. The molecule has 1 aromatic carbocycles. The first-order valence-electron chi connectivity index (χ1n) is 9.67. The summed E-state index contributed by atoms with van der Waals surface area (Å²) >= 11 is 1.57. The van der Waals surface area contributed by atoms with Crippen molar-refractivity contribution in [1.82, 2.24) is 9.29 Å². The summed E-state index contributed by atoms with van der Waals surface area (Å²) in [4.78, 5) is 16.6. The second-order valence-corrected chi connectivity index (χ2v) is 9.74. The minimum atomic E-state index is -3.41. The van der Waals surface area contributed by atoms with Crippen LogP contribution in [0.15, 0.2) is 34.5 Å². The van der Waals surface area contributed by atoms with Crippen LogP contribution in [-0.2, 0) is 39.0 Å². The summed E-state index contributed by atoms with van der Waals surface area (Å²) in [5, 5.41) is 2.94. The molecule has 0 aliphatic carbocycles. The lowest BCUT2D eigenvalue weighted by Crippen LogP contribution is -2.35. The van der Waals surface area contributed by atoms with Crippen molar-refractivity contribution in [3.8, 4) is 0 Å². The van der Waals surface area contributed by atoms with Gasteiger partial charge in [0.15, 0.2) is 0 Å². The van der Waals surface area contributed by atoms with E-state index >= 15 is 0 Å². The van der Waals surface area contributed by atoms with Gasteiger partial charge in [0.1, 0.15) is 6.61 Å². The molecule has 1 aromatic heterocycles. The van der Waals surface area contributed by atoms with E-state index in [4.69, 9.17) is 4.74 Å². The Morgan fingerprint density at radius 3 is 2.54 bits per heavy atom. The van der Waals surface area contributed by atoms with Crippen LogP contribution in [0, 0.1) is 0 Å². The van der Waals surface area contributed by atoms with Crippen molar-refractivity contribution in [2.75, 3.05) is 13.1 Å². The maximum Gasteiger partial charge on any atom is 0.306 e. The number of benzene rings is 1. The van der Waals surface area contributed by atoms with E-state index in [1.165, 1.54) is 0 Å². The molecule has 0 radical (unpaired) electrons. The van der Waals surface area contributed by atoms with Gasteiger partial charge >= 0.3 is 5.97 Å². The van der Waals surface area contributed by atoms with Crippen molar-refractivity contribution in [3.63, 3.8) is 0 Å². The molecule has 152 valence electrons. The van der Waals surface area contributed by atoms with Gasteiger partial charge in [-0.3, -0.25) is 4.79 Å². The second-order valence-electron chi connectivity index (χ2n) is 6.86. The number of nitrogens with zero attached hydrogens (tertiary/aromatic N) is 2. The van der Waals surface area contributed by atoms with Crippen LogP contribution >= 0.6 is 11.3 Å². The number of thiazole rings is 1. The zero-order chi connectivity index (χ0) is 20.0. The molecule has 2 aromatic rings. The van der Waals surface area contributed by atoms with Gasteiger partial charge in [0, 0.05) is 24.9 Å². The zero-order valence-electron chi connectivity index (χ0n) is 16.1. The number of carbonyl (C=O) groups excluding carboxylic acids is 1. The maximum absolute atomic E-state index is 12.7. The van der Waals surface area contributed by atoms with Crippen LogP contribution in [0.4, 0.5) is 0 Å². The molecule has 6 nitrogen and oxygen atoms in total. The fourth-order valence-electron chi connectivity index (χ4n) is 3.13. The molecule has 1 fully saturated rings. The number of rotatable bonds is 8. The predicted molar refractivity (Wildman–Crippen MR) is 109 cm³/mol. The van der Waals surface area contributed by atoms with Crippen molar-refractivity contribution < 1.29 is 17.9 Å². The highest BCUT2D eigenvalue weighted by Gasteiger charge is 2.25. The van der Waals surface area contributed by atoms with Gasteiger partial charge in [0.25, 0.3) is 0 Å². The Morgan fingerprint density at radius 1 is 1.18 bits per heavy atom. The molecule has 1 aliphatic heterocycles. The van der Waals surface area contributed by atoms with Gasteiger partial charge in [-0.05, 0) is 43.4 Å². The largest absolute Gasteiger partial charge is 0.459 e. The molecular weight excluding hydrogens is 396 g/mol. The lowest BCUT2D eigenvalue weighted by atomic mass is 10.1. The first-order valence-corrected chi connectivity index (χ1v) is 12.0. The number of aryl methyl sites for hydroxylation is 2. The van der Waals surface area contributed by atoms with Crippen molar-refractivity contribution in [1.29, 1.82) is 0 Å². The summed E-state index contributed by atoms with van der Waals surface area (Å²) in [6, 6.07) is 6.81. The van der Waals surface area contributed by atoms with Crippen molar-refractivity contribution in [2.24, 2.45) is 0 Å². The number of sulfonamides is 1. The number of piperidine rings is 1. The average Bonchev–Trinajstić information content (AvgIpc) is 3.20. The molecule has 0 spiro atoms. The van der Waals surface area contributed by atoms with Gasteiger partial charge < -0.3 is 4.74 Å². The molecule has 0 amide bonds. The van der Waals surface area contributed by atoms with E-state index in [1.807, 2.05) is 12.3 Å². The topological polar surface area (TPSA) is 76.6 Å². The molecule has 3 rings (SSSR count).